The molecule has 3 fully saturated rings. The van der Waals surface area contributed by atoms with Gasteiger partial charge in [-0.3, -0.25) is 4.79 Å². The van der Waals surface area contributed by atoms with Gasteiger partial charge >= 0.3 is 0 Å². The van der Waals surface area contributed by atoms with Crippen molar-refractivity contribution in [3.63, 3.8) is 0 Å². The van der Waals surface area contributed by atoms with Crippen LogP contribution in [0.25, 0.3) is 0 Å². The number of carbonyl (C=O) groups is 1. The van der Waals surface area contributed by atoms with Gasteiger partial charge in [0.2, 0.25) is 5.91 Å². The third-order valence-electron chi connectivity index (χ3n) is 20.4. The second-order valence-electron chi connectivity index (χ2n) is 29.2. The lowest BCUT2D eigenvalue weighted by molar-refractivity contribution is -0.379. The highest BCUT2D eigenvalue weighted by Crippen LogP contribution is 2.33. The maximum absolute atomic E-state index is 13.5. The lowest BCUT2D eigenvalue weighted by Crippen LogP contribution is -2.66. The van der Waals surface area contributed by atoms with Crippen molar-refractivity contribution in [2.75, 3.05) is 26.4 Å². The summed E-state index contributed by atoms with van der Waals surface area (Å²) in [6, 6.07) is -0.990. The molecule has 3 rings (SSSR count). The highest BCUT2D eigenvalue weighted by Gasteiger charge is 2.54. The molecular formula is C80H149NO18. The van der Waals surface area contributed by atoms with Crippen LogP contribution >= 0.6 is 0 Å². The quantitative estimate of drug-likeness (QED) is 0.0199. The van der Waals surface area contributed by atoms with Crippen molar-refractivity contribution in [1.29, 1.82) is 0 Å². The van der Waals surface area contributed by atoms with E-state index in [-0.39, 0.29) is 18.9 Å². The zero-order valence-electron chi connectivity index (χ0n) is 62.2. The zero-order valence-corrected chi connectivity index (χ0v) is 62.2. The molecule has 0 radical (unpaired) electrons. The first-order valence-electron chi connectivity index (χ1n) is 40.7. The molecule has 0 bridgehead atoms. The van der Waals surface area contributed by atoms with Crippen LogP contribution in [-0.4, -0.2) is 193 Å². The second kappa shape index (κ2) is 61.2. The largest absolute Gasteiger partial charge is 0.394 e. The highest BCUT2D eigenvalue weighted by atomic mass is 16.8. The van der Waals surface area contributed by atoms with Gasteiger partial charge in [0.15, 0.2) is 18.9 Å². The van der Waals surface area contributed by atoms with Crippen LogP contribution in [0.1, 0.15) is 335 Å². The number of hydrogen-bond donors (Lipinski definition) is 12. The van der Waals surface area contributed by atoms with Crippen LogP contribution in [0.4, 0.5) is 0 Å². The Balaban J connectivity index is 1.37. The van der Waals surface area contributed by atoms with Crippen LogP contribution in [0.3, 0.4) is 0 Å². The van der Waals surface area contributed by atoms with E-state index in [2.05, 4.69) is 43.5 Å². The lowest BCUT2D eigenvalue weighted by atomic mass is 9.96. The third kappa shape index (κ3) is 41.5. The molecule has 3 heterocycles. The number of nitrogens with one attached hydrogen (secondary N) is 1. The van der Waals surface area contributed by atoms with E-state index >= 15 is 0 Å². The fourth-order valence-corrected chi connectivity index (χ4v) is 13.9. The Morgan fingerprint density at radius 1 is 0.354 bits per heavy atom. The van der Waals surface area contributed by atoms with Gasteiger partial charge in [-0.1, -0.05) is 307 Å². The van der Waals surface area contributed by atoms with E-state index in [1.54, 1.807) is 6.08 Å². The Bertz CT molecular complexity index is 1930. The number of hydrogen-bond acceptors (Lipinski definition) is 18. The van der Waals surface area contributed by atoms with Gasteiger partial charge in [0.1, 0.15) is 73.2 Å². The standard InChI is InChI=1S/C80H149NO18/c1-3-5-7-9-11-13-15-17-19-21-23-25-27-28-29-30-31-32-33-34-36-38-40-42-44-46-48-50-52-54-56-58-68(86)81-63(64(85)57-55-53-51-49-47-45-43-41-39-37-35-26-24-22-20-18-16-14-12-10-8-6-4-2)62-94-78-74(92)71(89)76(66(60-83)96-78)99-80-75(93)72(90)77(67(61-84)97-80)98-79-73(91)70(88)69(87)65(59-82)95-79/h21,23,47,49,55,57,63-67,69-80,82-85,87-93H,3-20,22,24-46,48,50-54,56,58-62H2,1-2H3,(H,81,86)/b23-21-,49-47+,57-55+. The second-order valence-corrected chi connectivity index (χ2v) is 29.2. The average molecular weight is 1410 g/mol. The van der Waals surface area contributed by atoms with Crippen molar-refractivity contribution in [2.24, 2.45) is 0 Å². The van der Waals surface area contributed by atoms with E-state index in [0.717, 1.165) is 38.5 Å². The minimum atomic E-state index is -1.98. The van der Waals surface area contributed by atoms with Crippen molar-refractivity contribution in [2.45, 2.75) is 439 Å². The van der Waals surface area contributed by atoms with Gasteiger partial charge in [-0.15, -0.1) is 0 Å². The first-order valence-corrected chi connectivity index (χ1v) is 40.7. The van der Waals surface area contributed by atoms with E-state index < -0.39 is 124 Å². The summed E-state index contributed by atoms with van der Waals surface area (Å²) in [5.74, 6) is -0.279. The Morgan fingerprint density at radius 2 is 0.646 bits per heavy atom. The van der Waals surface area contributed by atoms with Crippen LogP contribution in [0.2, 0.25) is 0 Å². The molecule has 3 aliphatic heterocycles. The molecule has 3 aliphatic rings. The summed E-state index contributed by atoms with van der Waals surface area (Å²) in [5, 5.41) is 121. The number of aliphatic hydroxyl groups excluding tert-OH is 11. The predicted octanol–water partition coefficient (Wildman–Crippen LogP) is 13.5. The maximum Gasteiger partial charge on any atom is 0.220 e. The average Bonchev–Trinajstić information content (AvgIpc) is 0.577. The van der Waals surface area contributed by atoms with Crippen LogP contribution in [-0.2, 0) is 33.2 Å². The highest BCUT2D eigenvalue weighted by molar-refractivity contribution is 5.76. The minimum absolute atomic E-state index is 0.239. The number of aliphatic hydroxyl groups is 11. The van der Waals surface area contributed by atoms with Crippen molar-refractivity contribution < 1.29 is 89.4 Å². The molecule has 0 saturated carbocycles. The number of unbranched alkanes of at least 4 members (excludes halogenated alkanes) is 45. The third-order valence-corrected chi connectivity index (χ3v) is 20.4. The molecule has 19 heteroatoms. The smallest absolute Gasteiger partial charge is 0.220 e. The molecule has 582 valence electrons. The van der Waals surface area contributed by atoms with Crippen LogP contribution in [0.15, 0.2) is 36.5 Å². The molecule has 17 atom stereocenters. The number of carbonyl (C=O) groups excluding carboxylic acids is 1. The van der Waals surface area contributed by atoms with Gasteiger partial charge < -0.3 is 89.9 Å². The van der Waals surface area contributed by atoms with Gasteiger partial charge in [-0.05, 0) is 57.8 Å². The van der Waals surface area contributed by atoms with E-state index in [1.165, 1.54) is 263 Å². The molecule has 17 unspecified atom stereocenters. The molecular weight excluding hydrogens is 1260 g/mol. The Morgan fingerprint density at radius 3 is 1.01 bits per heavy atom. The molecule has 3 saturated heterocycles. The Hall–Kier alpha value is -1.99. The summed E-state index contributed by atoms with van der Waals surface area (Å²) in [7, 11) is 0. The first-order chi connectivity index (χ1) is 48.3. The first kappa shape index (κ1) is 91.2. The Kier molecular flexibility index (Phi) is 56.4. The van der Waals surface area contributed by atoms with Crippen LogP contribution in [0.5, 0.6) is 0 Å². The summed E-state index contributed by atoms with van der Waals surface area (Å²) in [4.78, 5) is 13.5. The topological polar surface area (TPSA) is 307 Å². The minimum Gasteiger partial charge on any atom is -0.394 e. The molecule has 0 aromatic rings. The van der Waals surface area contributed by atoms with E-state index in [0.29, 0.717) is 12.8 Å². The van der Waals surface area contributed by atoms with Gasteiger partial charge in [-0.2, -0.15) is 0 Å². The molecule has 0 aromatic heterocycles. The molecule has 1 amide bonds. The molecule has 0 aliphatic carbocycles. The summed E-state index contributed by atoms with van der Waals surface area (Å²) in [6.45, 7) is 1.77. The van der Waals surface area contributed by atoms with E-state index in [1.807, 2.05) is 6.08 Å². The van der Waals surface area contributed by atoms with Gasteiger partial charge in [0.25, 0.3) is 0 Å². The van der Waals surface area contributed by atoms with Crippen molar-refractivity contribution >= 4 is 5.91 Å². The summed E-state index contributed by atoms with van der Waals surface area (Å²) in [6.07, 6.45) is 48.6. The number of ether oxygens (including phenoxy) is 6. The van der Waals surface area contributed by atoms with Gasteiger partial charge in [0.05, 0.1) is 38.6 Å². The normalized spacial score (nSPS) is 26.7. The summed E-state index contributed by atoms with van der Waals surface area (Å²) in [5.41, 5.74) is 0. The fourth-order valence-electron chi connectivity index (χ4n) is 13.9. The molecule has 12 N–H and O–H groups in total. The molecule has 99 heavy (non-hydrogen) atoms. The van der Waals surface area contributed by atoms with Crippen LogP contribution in [0, 0.1) is 0 Å². The molecule has 19 nitrogen and oxygen atoms in total. The number of rotatable bonds is 65. The van der Waals surface area contributed by atoms with Gasteiger partial charge in [-0.25, -0.2) is 0 Å². The molecule has 0 aromatic carbocycles. The van der Waals surface area contributed by atoms with Crippen molar-refractivity contribution in [3.8, 4) is 0 Å². The monoisotopic (exact) mass is 1410 g/mol. The summed E-state index contributed by atoms with van der Waals surface area (Å²) >= 11 is 0. The predicted molar refractivity (Wildman–Crippen MR) is 393 cm³/mol. The zero-order chi connectivity index (χ0) is 71.8. The van der Waals surface area contributed by atoms with E-state index in [9.17, 15) is 61.0 Å². The number of amides is 1. The van der Waals surface area contributed by atoms with E-state index in [4.69, 9.17) is 28.4 Å². The SMILES string of the molecule is CCCCCCCCCC/C=C\CCCCCCCCCCCCCCCCCCCCCC(=O)NC(COC1OC(CO)C(OC2OC(CO)C(OC3OC(CO)C(O)C(O)C3O)C(O)C2O)C(O)C1O)C(O)/C=C/CC/C=C/CCCCCCCCCCCCCCCCCCC. The van der Waals surface area contributed by atoms with Crippen molar-refractivity contribution in [1.82, 2.24) is 5.32 Å². The fraction of sp³-hybridized carbons (Fsp3) is 0.912. The summed E-state index contributed by atoms with van der Waals surface area (Å²) < 4.78 is 34.4. The number of allylic oxidation sites excluding steroid dienone is 5. The van der Waals surface area contributed by atoms with Crippen LogP contribution < -0.4 is 5.32 Å². The maximum atomic E-state index is 13.5. The lowest BCUT2D eigenvalue weighted by Gasteiger charge is -2.48. The van der Waals surface area contributed by atoms with Crippen molar-refractivity contribution in [3.05, 3.63) is 36.5 Å². The van der Waals surface area contributed by atoms with Gasteiger partial charge in [0, 0.05) is 6.42 Å². The molecule has 0 spiro atoms. The Labute approximate surface area is 600 Å².